The van der Waals surface area contributed by atoms with Crippen LogP contribution in [0.2, 0.25) is 0 Å². The van der Waals surface area contributed by atoms with Crippen LogP contribution in [0.1, 0.15) is 52.4 Å². The van der Waals surface area contributed by atoms with Crippen molar-refractivity contribution in [1.29, 1.82) is 0 Å². The van der Waals surface area contributed by atoms with Crippen LogP contribution >= 0.6 is 11.8 Å². The largest absolute Gasteiger partial charge is 0.461 e. The fraction of sp³-hybridized carbons (Fsp3) is 0.857. The van der Waals surface area contributed by atoms with Gasteiger partial charge in [-0.15, -0.1) is 0 Å². The first-order chi connectivity index (χ1) is 12.9. The first-order valence-electron chi connectivity index (χ1n) is 10.3. The highest BCUT2D eigenvalue weighted by Gasteiger charge is 2.63. The number of thioether (sulfide) groups is 1. The number of carbonyl (C=O) groups excluding carboxylic acids is 1. The standard InChI is InChI=1S/C21H32O5S/c1-3-17(25)26-16-10-27-19-18-14(5-7-21(16,19)11-22)20(2)6-4-13(23)8-12(20)9-15(18)24/h9,13-16,18-19,22-24H,3-8,10-11H2,1-2H3/t13-,14?,15-,16-,18?,19?,20-,21-/m0/s1. The number of ether oxygens (including phenoxy) is 1. The smallest absolute Gasteiger partial charge is 0.305 e. The number of rotatable bonds is 3. The molecule has 152 valence electrons. The highest BCUT2D eigenvalue weighted by atomic mass is 32.2. The van der Waals surface area contributed by atoms with Crippen molar-refractivity contribution in [1.82, 2.24) is 0 Å². The van der Waals surface area contributed by atoms with Crippen molar-refractivity contribution in [3.8, 4) is 0 Å². The lowest BCUT2D eigenvalue weighted by Gasteiger charge is -2.58. The van der Waals surface area contributed by atoms with E-state index < -0.39 is 11.5 Å². The van der Waals surface area contributed by atoms with Crippen molar-refractivity contribution >= 4 is 17.7 Å². The summed E-state index contributed by atoms with van der Waals surface area (Å²) in [7, 11) is 0. The maximum absolute atomic E-state index is 11.9. The Hall–Kier alpha value is -0.560. The lowest BCUT2D eigenvalue weighted by molar-refractivity contribution is -0.161. The number of aliphatic hydroxyl groups is 3. The van der Waals surface area contributed by atoms with Gasteiger partial charge < -0.3 is 20.1 Å². The second-order valence-electron chi connectivity index (χ2n) is 9.20. The van der Waals surface area contributed by atoms with E-state index in [0.717, 1.165) is 25.7 Å². The van der Waals surface area contributed by atoms with E-state index in [0.29, 0.717) is 24.5 Å². The van der Waals surface area contributed by atoms with Gasteiger partial charge in [0.2, 0.25) is 0 Å². The van der Waals surface area contributed by atoms with Crippen LogP contribution in [-0.2, 0) is 9.53 Å². The van der Waals surface area contributed by atoms with Gasteiger partial charge in [-0.2, -0.15) is 11.8 Å². The van der Waals surface area contributed by atoms with Crippen molar-refractivity contribution in [2.24, 2.45) is 22.7 Å². The molecule has 0 spiro atoms. The quantitative estimate of drug-likeness (QED) is 0.501. The summed E-state index contributed by atoms with van der Waals surface area (Å²) < 4.78 is 5.74. The van der Waals surface area contributed by atoms with Gasteiger partial charge in [0, 0.05) is 28.8 Å². The molecule has 0 aromatic rings. The van der Waals surface area contributed by atoms with Gasteiger partial charge in [0.25, 0.3) is 0 Å². The molecular formula is C21H32O5S. The molecule has 3 fully saturated rings. The van der Waals surface area contributed by atoms with Crippen LogP contribution in [0.25, 0.3) is 0 Å². The van der Waals surface area contributed by atoms with Gasteiger partial charge in [0.15, 0.2) is 0 Å². The van der Waals surface area contributed by atoms with E-state index >= 15 is 0 Å². The van der Waals surface area contributed by atoms with Crippen LogP contribution in [0.4, 0.5) is 0 Å². The van der Waals surface area contributed by atoms with Gasteiger partial charge in [-0.1, -0.05) is 25.5 Å². The first kappa shape index (κ1) is 19.7. The Kier molecular flexibility index (Phi) is 5.15. The average molecular weight is 397 g/mol. The van der Waals surface area contributed by atoms with Crippen LogP contribution in [0.3, 0.4) is 0 Å². The van der Waals surface area contributed by atoms with Gasteiger partial charge in [-0.3, -0.25) is 4.79 Å². The van der Waals surface area contributed by atoms with Crippen LogP contribution in [0.15, 0.2) is 11.6 Å². The van der Waals surface area contributed by atoms with Crippen molar-refractivity contribution in [3.63, 3.8) is 0 Å². The topological polar surface area (TPSA) is 87.0 Å². The molecule has 4 rings (SSSR count). The summed E-state index contributed by atoms with van der Waals surface area (Å²) >= 11 is 1.76. The Bertz CT molecular complexity index is 636. The lowest BCUT2D eigenvalue weighted by Crippen LogP contribution is -2.59. The van der Waals surface area contributed by atoms with Crippen LogP contribution in [0.5, 0.6) is 0 Å². The second-order valence-corrected chi connectivity index (χ2v) is 10.4. The molecular weight excluding hydrogens is 364 g/mol. The van der Waals surface area contributed by atoms with Crippen LogP contribution in [-0.4, -0.2) is 57.2 Å². The molecule has 27 heavy (non-hydrogen) atoms. The molecule has 3 aliphatic carbocycles. The molecule has 2 saturated carbocycles. The second kappa shape index (κ2) is 7.05. The average Bonchev–Trinajstić information content (AvgIpc) is 3.02. The Balaban J connectivity index is 1.66. The molecule has 1 saturated heterocycles. The predicted molar refractivity (Wildman–Crippen MR) is 104 cm³/mol. The summed E-state index contributed by atoms with van der Waals surface area (Å²) in [6, 6.07) is 0. The minimum atomic E-state index is -0.562. The maximum atomic E-state index is 11.9. The van der Waals surface area contributed by atoms with E-state index in [9.17, 15) is 20.1 Å². The highest BCUT2D eigenvalue weighted by Crippen LogP contribution is 2.64. The predicted octanol–water partition coefficient (Wildman–Crippen LogP) is 2.28. The van der Waals surface area contributed by atoms with E-state index in [1.807, 2.05) is 6.08 Å². The molecule has 1 aliphatic heterocycles. The van der Waals surface area contributed by atoms with Gasteiger partial charge >= 0.3 is 5.97 Å². The number of carbonyl (C=O) groups is 1. The van der Waals surface area contributed by atoms with E-state index in [2.05, 4.69) is 6.92 Å². The molecule has 8 atom stereocenters. The number of fused-ring (bicyclic) bond motifs is 5. The minimum absolute atomic E-state index is 0.00569. The molecule has 6 heteroatoms. The van der Waals surface area contributed by atoms with E-state index in [-0.39, 0.29) is 41.4 Å². The minimum Gasteiger partial charge on any atom is -0.461 e. The third kappa shape index (κ3) is 2.90. The maximum Gasteiger partial charge on any atom is 0.305 e. The molecule has 4 aliphatic rings. The number of esters is 1. The molecule has 1 heterocycles. The Morgan fingerprint density at radius 1 is 1.33 bits per heavy atom. The number of hydrogen-bond donors (Lipinski definition) is 3. The summed E-state index contributed by atoms with van der Waals surface area (Å²) in [5, 5.41) is 31.6. The fourth-order valence-electron chi connectivity index (χ4n) is 6.37. The summed E-state index contributed by atoms with van der Waals surface area (Å²) in [5.74, 6) is 0.887. The van der Waals surface area contributed by atoms with Crippen molar-refractivity contribution < 1.29 is 24.9 Å². The van der Waals surface area contributed by atoms with Crippen LogP contribution in [0, 0.1) is 22.7 Å². The fourth-order valence-corrected chi connectivity index (χ4v) is 8.40. The molecule has 0 bridgehead atoms. The van der Waals surface area contributed by atoms with Gasteiger partial charge in [0.1, 0.15) is 6.10 Å². The van der Waals surface area contributed by atoms with Gasteiger partial charge in [-0.05, 0) is 43.4 Å². The third-order valence-electron chi connectivity index (χ3n) is 8.00. The Labute approximate surface area is 165 Å². The van der Waals surface area contributed by atoms with E-state index in [1.54, 1.807) is 18.7 Å². The third-order valence-corrected chi connectivity index (χ3v) is 9.64. The summed E-state index contributed by atoms with van der Waals surface area (Å²) in [6.07, 6.45) is 5.36. The molecule has 0 radical (unpaired) electrons. The molecule has 3 N–H and O–H groups in total. The summed E-state index contributed by atoms with van der Waals surface area (Å²) in [4.78, 5) is 11.9. The number of hydrogen-bond acceptors (Lipinski definition) is 6. The highest BCUT2D eigenvalue weighted by molar-refractivity contribution is 8.00. The molecule has 3 unspecified atom stereocenters. The zero-order valence-corrected chi connectivity index (χ0v) is 17.1. The van der Waals surface area contributed by atoms with Crippen molar-refractivity contribution in [2.45, 2.75) is 75.9 Å². The molecule has 0 aromatic heterocycles. The zero-order chi connectivity index (χ0) is 19.4. The molecule has 5 nitrogen and oxygen atoms in total. The normalized spacial score (nSPS) is 48.9. The van der Waals surface area contributed by atoms with E-state index in [4.69, 9.17) is 4.74 Å². The zero-order valence-electron chi connectivity index (χ0n) is 16.3. The SMILES string of the molecule is CCC(=O)O[C@H]1CSC2C3C(CC[C@@]21CO)[C@@]1(C)CC[C@H](O)CC1=C[C@@H]3O. The Morgan fingerprint density at radius 3 is 2.81 bits per heavy atom. The lowest BCUT2D eigenvalue weighted by atomic mass is 9.49. The van der Waals surface area contributed by atoms with Gasteiger partial charge in [-0.25, -0.2) is 0 Å². The molecule has 0 aromatic carbocycles. The first-order valence-corrected chi connectivity index (χ1v) is 11.4. The summed E-state index contributed by atoms with van der Waals surface area (Å²) in [5.41, 5.74) is 0.778. The van der Waals surface area contributed by atoms with Gasteiger partial charge in [0.05, 0.1) is 18.8 Å². The van der Waals surface area contributed by atoms with E-state index in [1.165, 1.54) is 5.57 Å². The van der Waals surface area contributed by atoms with Crippen molar-refractivity contribution in [3.05, 3.63) is 11.6 Å². The number of aliphatic hydroxyl groups excluding tert-OH is 3. The monoisotopic (exact) mass is 396 g/mol. The molecule has 0 amide bonds. The Morgan fingerprint density at radius 2 is 2.11 bits per heavy atom. The summed E-state index contributed by atoms with van der Waals surface area (Å²) in [6.45, 7) is 4.09. The van der Waals surface area contributed by atoms with Crippen molar-refractivity contribution in [2.75, 3.05) is 12.4 Å². The van der Waals surface area contributed by atoms with Crippen LogP contribution < -0.4 is 0 Å².